The zero-order valence-electron chi connectivity index (χ0n) is 12.7. The maximum absolute atomic E-state index is 11.8. The van der Waals surface area contributed by atoms with Gasteiger partial charge in [-0.2, -0.15) is 0 Å². The largest absolute Gasteiger partial charge is 0.495 e. The van der Waals surface area contributed by atoms with Crippen molar-refractivity contribution >= 4 is 45.8 Å². The number of halogens is 2. The van der Waals surface area contributed by atoms with Gasteiger partial charge in [0.05, 0.1) is 24.2 Å². The van der Waals surface area contributed by atoms with Crippen molar-refractivity contribution in [2.24, 2.45) is 11.7 Å². The van der Waals surface area contributed by atoms with Gasteiger partial charge < -0.3 is 21.1 Å². The molecule has 8 heteroatoms. The van der Waals surface area contributed by atoms with Gasteiger partial charge in [0, 0.05) is 11.8 Å². The van der Waals surface area contributed by atoms with E-state index in [1.54, 1.807) is 25.3 Å². The lowest BCUT2D eigenvalue weighted by molar-refractivity contribution is -0.125. The van der Waals surface area contributed by atoms with Crippen LogP contribution >= 0.6 is 28.3 Å². The molecule has 0 saturated heterocycles. The van der Waals surface area contributed by atoms with Crippen molar-refractivity contribution in [3.8, 4) is 5.75 Å². The number of carbonyl (C=O) groups is 2. The van der Waals surface area contributed by atoms with E-state index in [9.17, 15) is 9.59 Å². The third-order valence-corrected chi connectivity index (χ3v) is 3.53. The standard InChI is InChI=1S/C14H20BrN3O3.ClH/c1-8(2)13(16)14(20)17-7-12(19)18-9-4-5-10(15)11(6-9)21-3;/h4-6,8,13H,7,16H2,1-3H3,(H,17,20)(H,18,19);1H/t13-;/m0./s1. The molecule has 4 N–H and O–H groups in total. The molecule has 0 fully saturated rings. The first kappa shape index (κ1) is 20.7. The smallest absolute Gasteiger partial charge is 0.243 e. The van der Waals surface area contributed by atoms with Gasteiger partial charge in [-0.05, 0) is 34.0 Å². The zero-order chi connectivity index (χ0) is 16.0. The summed E-state index contributed by atoms with van der Waals surface area (Å²) in [7, 11) is 1.54. The van der Waals surface area contributed by atoms with E-state index in [1.165, 1.54) is 0 Å². The Kier molecular flexibility index (Phi) is 9.08. The van der Waals surface area contributed by atoms with E-state index in [0.29, 0.717) is 11.4 Å². The van der Waals surface area contributed by atoms with Crippen molar-refractivity contribution in [1.82, 2.24) is 5.32 Å². The number of rotatable bonds is 6. The molecule has 0 aliphatic rings. The summed E-state index contributed by atoms with van der Waals surface area (Å²) in [5.41, 5.74) is 6.27. The van der Waals surface area contributed by atoms with Crippen molar-refractivity contribution in [2.75, 3.05) is 19.0 Å². The number of nitrogens with two attached hydrogens (primary N) is 1. The maximum Gasteiger partial charge on any atom is 0.243 e. The summed E-state index contributed by atoms with van der Waals surface area (Å²) in [5, 5.41) is 5.18. The van der Waals surface area contributed by atoms with Crippen molar-refractivity contribution in [3.63, 3.8) is 0 Å². The summed E-state index contributed by atoms with van der Waals surface area (Å²) in [4.78, 5) is 23.4. The van der Waals surface area contributed by atoms with Gasteiger partial charge in [0.25, 0.3) is 0 Å². The predicted molar refractivity (Wildman–Crippen MR) is 92.4 cm³/mol. The van der Waals surface area contributed by atoms with Crippen LogP contribution in [-0.2, 0) is 9.59 Å². The highest BCUT2D eigenvalue weighted by Crippen LogP contribution is 2.27. The van der Waals surface area contributed by atoms with Crippen LogP contribution in [0.1, 0.15) is 13.8 Å². The molecule has 0 spiro atoms. The predicted octanol–water partition coefficient (Wildman–Crippen LogP) is 1.92. The van der Waals surface area contributed by atoms with Gasteiger partial charge in [0.1, 0.15) is 5.75 Å². The van der Waals surface area contributed by atoms with E-state index in [0.717, 1.165) is 4.47 Å². The van der Waals surface area contributed by atoms with Gasteiger partial charge in [-0.1, -0.05) is 13.8 Å². The molecule has 0 bridgehead atoms. The van der Waals surface area contributed by atoms with Crippen LogP contribution in [0.5, 0.6) is 5.75 Å². The van der Waals surface area contributed by atoms with E-state index in [2.05, 4.69) is 26.6 Å². The number of amides is 2. The van der Waals surface area contributed by atoms with Crippen molar-refractivity contribution < 1.29 is 14.3 Å². The highest BCUT2D eigenvalue weighted by atomic mass is 79.9. The number of benzene rings is 1. The van der Waals surface area contributed by atoms with Crippen LogP contribution in [0.3, 0.4) is 0 Å². The molecule has 0 radical (unpaired) electrons. The summed E-state index contributed by atoms with van der Waals surface area (Å²) in [6, 6.07) is 4.56. The molecule has 2 amide bonds. The van der Waals surface area contributed by atoms with Gasteiger partial charge in [0.15, 0.2) is 0 Å². The summed E-state index contributed by atoms with van der Waals surface area (Å²) in [5.74, 6) is -0.0420. The monoisotopic (exact) mass is 393 g/mol. The Bertz CT molecular complexity index is 526. The van der Waals surface area contributed by atoms with Crippen LogP contribution in [0.2, 0.25) is 0 Å². The molecule has 1 aromatic rings. The number of hydrogen-bond acceptors (Lipinski definition) is 4. The number of hydrogen-bond donors (Lipinski definition) is 3. The molecule has 0 saturated carbocycles. The number of ether oxygens (including phenoxy) is 1. The fourth-order valence-electron chi connectivity index (χ4n) is 1.53. The Balaban J connectivity index is 0.00000441. The van der Waals surface area contributed by atoms with Crippen LogP contribution < -0.4 is 21.1 Å². The lowest BCUT2D eigenvalue weighted by Crippen LogP contribution is -2.46. The normalized spacial score (nSPS) is 11.4. The minimum Gasteiger partial charge on any atom is -0.495 e. The topological polar surface area (TPSA) is 93.5 Å². The van der Waals surface area contributed by atoms with Crippen LogP contribution in [-0.4, -0.2) is 31.5 Å². The van der Waals surface area contributed by atoms with Crippen molar-refractivity contribution in [2.45, 2.75) is 19.9 Å². The molecule has 124 valence electrons. The number of nitrogens with one attached hydrogen (secondary N) is 2. The zero-order valence-corrected chi connectivity index (χ0v) is 15.1. The average molecular weight is 395 g/mol. The van der Waals surface area contributed by atoms with Crippen LogP contribution in [0.4, 0.5) is 5.69 Å². The first-order valence-electron chi connectivity index (χ1n) is 6.51. The van der Waals surface area contributed by atoms with Gasteiger partial charge >= 0.3 is 0 Å². The van der Waals surface area contributed by atoms with Crippen LogP contribution in [0.15, 0.2) is 22.7 Å². The average Bonchev–Trinajstić information content (AvgIpc) is 2.45. The Labute approximate surface area is 144 Å². The summed E-state index contributed by atoms with van der Waals surface area (Å²) < 4.78 is 5.93. The van der Waals surface area contributed by atoms with E-state index in [1.807, 2.05) is 13.8 Å². The molecule has 6 nitrogen and oxygen atoms in total. The van der Waals surface area contributed by atoms with Gasteiger partial charge in [-0.15, -0.1) is 12.4 Å². The van der Waals surface area contributed by atoms with Crippen LogP contribution in [0.25, 0.3) is 0 Å². The molecule has 1 atom stereocenters. The lowest BCUT2D eigenvalue weighted by Gasteiger charge is -2.15. The fraction of sp³-hybridized carbons (Fsp3) is 0.429. The molecule has 22 heavy (non-hydrogen) atoms. The molecule has 1 aromatic carbocycles. The highest BCUT2D eigenvalue weighted by molar-refractivity contribution is 9.10. The first-order valence-corrected chi connectivity index (χ1v) is 7.31. The second-order valence-electron chi connectivity index (χ2n) is 4.89. The van der Waals surface area contributed by atoms with Crippen molar-refractivity contribution in [1.29, 1.82) is 0 Å². The van der Waals surface area contributed by atoms with Crippen LogP contribution in [0, 0.1) is 5.92 Å². The maximum atomic E-state index is 11.8. The second-order valence-corrected chi connectivity index (χ2v) is 5.74. The molecule has 0 heterocycles. The summed E-state index contributed by atoms with van der Waals surface area (Å²) >= 11 is 3.33. The van der Waals surface area contributed by atoms with Gasteiger partial charge in [0.2, 0.25) is 11.8 Å². The first-order chi connectivity index (χ1) is 9.85. The molecule has 0 aliphatic heterocycles. The Morgan fingerprint density at radius 2 is 2.00 bits per heavy atom. The molecular weight excluding hydrogens is 374 g/mol. The Morgan fingerprint density at radius 3 is 2.55 bits per heavy atom. The number of anilines is 1. The third kappa shape index (κ3) is 6.21. The SMILES string of the molecule is COc1cc(NC(=O)CNC(=O)[C@@H](N)C(C)C)ccc1Br.Cl. The van der Waals surface area contributed by atoms with E-state index in [-0.39, 0.29) is 36.7 Å². The minimum absolute atomic E-state index is 0. The highest BCUT2D eigenvalue weighted by Gasteiger charge is 2.17. The summed E-state index contributed by atoms with van der Waals surface area (Å²) in [6.45, 7) is 3.56. The van der Waals surface area contributed by atoms with E-state index >= 15 is 0 Å². The van der Waals surface area contributed by atoms with E-state index < -0.39 is 6.04 Å². The molecular formula is C14H21BrClN3O3. The number of methoxy groups -OCH3 is 1. The quantitative estimate of drug-likeness (QED) is 0.687. The van der Waals surface area contributed by atoms with Gasteiger partial charge in [-0.25, -0.2) is 0 Å². The van der Waals surface area contributed by atoms with Gasteiger partial charge in [-0.3, -0.25) is 9.59 Å². The third-order valence-electron chi connectivity index (χ3n) is 2.88. The molecule has 0 aliphatic carbocycles. The number of carbonyl (C=O) groups excluding carboxylic acids is 2. The summed E-state index contributed by atoms with van der Waals surface area (Å²) in [6.07, 6.45) is 0. The Morgan fingerprint density at radius 1 is 1.36 bits per heavy atom. The minimum atomic E-state index is -0.620. The van der Waals surface area contributed by atoms with E-state index in [4.69, 9.17) is 10.5 Å². The second kappa shape index (κ2) is 9.66. The molecule has 0 aromatic heterocycles. The fourth-order valence-corrected chi connectivity index (χ4v) is 1.94. The lowest BCUT2D eigenvalue weighted by atomic mass is 10.1. The van der Waals surface area contributed by atoms with Crippen molar-refractivity contribution in [3.05, 3.63) is 22.7 Å². The Hall–Kier alpha value is -1.31. The molecule has 1 rings (SSSR count). The molecule has 0 unspecified atom stereocenters.